The number of pyridine rings is 1. The van der Waals surface area contributed by atoms with Gasteiger partial charge in [0.15, 0.2) is 0 Å². The van der Waals surface area contributed by atoms with Crippen LogP contribution in [-0.4, -0.2) is 24.7 Å². The Morgan fingerprint density at radius 1 is 1.44 bits per heavy atom. The monoisotopic (exact) mass is 350 g/mol. The van der Waals surface area contributed by atoms with Crippen LogP contribution in [0.25, 0.3) is 0 Å². The Kier molecular flexibility index (Phi) is 7.20. The zero-order chi connectivity index (χ0) is 11.8. The lowest BCUT2D eigenvalue weighted by molar-refractivity contribution is 0.144. The maximum Gasteiger partial charge on any atom is 0.0684 e. The minimum absolute atomic E-state index is 0.778. The van der Waals surface area contributed by atoms with E-state index in [2.05, 4.69) is 42.2 Å². The first-order chi connectivity index (χ1) is 7.74. The predicted octanol–water partition coefficient (Wildman–Crippen LogP) is 3.12. The first kappa shape index (κ1) is 14.1. The smallest absolute Gasteiger partial charge is 0.0684 e. The van der Waals surface area contributed by atoms with Crippen molar-refractivity contribution in [2.45, 2.75) is 19.9 Å². The van der Waals surface area contributed by atoms with E-state index in [4.69, 9.17) is 4.74 Å². The van der Waals surface area contributed by atoms with Crippen molar-refractivity contribution in [3.05, 3.63) is 26.9 Å². The second-order valence-corrected chi connectivity index (χ2v) is 5.08. The lowest BCUT2D eigenvalue weighted by Gasteiger charge is -2.06. The summed E-state index contributed by atoms with van der Waals surface area (Å²) in [6.45, 7) is 5.35. The fraction of sp³-hybridized carbons (Fsp3) is 0.545. The Bertz CT molecular complexity index is 321. The highest BCUT2D eigenvalue weighted by Crippen LogP contribution is 2.19. The molecule has 1 aromatic heterocycles. The number of hydrogen-bond acceptors (Lipinski definition) is 3. The van der Waals surface area contributed by atoms with Gasteiger partial charge in [-0.1, -0.05) is 0 Å². The van der Waals surface area contributed by atoms with Crippen LogP contribution in [0.4, 0.5) is 0 Å². The largest absolute Gasteiger partial charge is 0.382 e. The van der Waals surface area contributed by atoms with Crippen LogP contribution in [0.1, 0.15) is 19.0 Å². The molecule has 0 aliphatic carbocycles. The maximum atomic E-state index is 5.25. The molecule has 16 heavy (non-hydrogen) atoms. The van der Waals surface area contributed by atoms with E-state index >= 15 is 0 Å². The number of aromatic nitrogens is 1. The number of halogens is 2. The summed E-state index contributed by atoms with van der Waals surface area (Å²) < 4.78 is 7.27. The number of rotatable bonds is 7. The van der Waals surface area contributed by atoms with Crippen LogP contribution < -0.4 is 5.32 Å². The van der Waals surface area contributed by atoms with Crippen molar-refractivity contribution in [1.29, 1.82) is 0 Å². The molecule has 0 saturated carbocycles. The third-order valence-electron chi connectivity index (χ3n) is 2.02. The molecule has 3 nitrogen and oxygen atoms in total. The topological polar surface area (TPSA) is 34.1 Å². The van der Waals surface area contributed by atoms with Gasteiger partial charge in [-0.05, 0) is 57.8 Å². The molecule has 0 fully saturated rings. The second-order valence-electron chi connectivity index (χ2n) is 3.31. The van der Waals surface area contributed by atoms with Crippen LogP contribution in [0.5, 0.6) is 0 Å². The summed E-state index contributed by atoms with van der Waals surface area (Å²) in [5.74, 6) is 0. The van der Waals surface area contributed by atoms with Crippen LogP contribution in [0.3, 0.4) is 0 Å². The van der Waals surface area contributed by atoms with Gasteiger partial charge in [0.25, 0.3) is 0 Å². The zero-order valence-corrected chi connectivity index (χ0v) is 12.5. The minimum Gasteiger partial charge on any atom is -0.382 e. The minimum atomic E-state index is 0.778. The first-order valence-electron chi connectivity index (χ1n) is 5.32. The summed E-state index contributed by atoms with van der Waals surface area (Å²) in [6.07, 6.45) is 2.84. The number of hydrogen-bond donors (Lipinski definition) is 1. The molecule has 90 valence electrons. The van der Waals surface area contributed by atoms with Gasteiger partial charge in [-0.25, -0.2) is 0 Å². The zero-order valence-electron chi connectivity index (χ0n) is 9.30. The quantitative estimate of drug-likeness (QED) is 0.766. The molecule has 1 rings (SSSR count). The SMILES string of the molecule is CCOCCCNCc1ncc(Br)cc1Br. The normalized spacial score (nSPS) is 10.7. The van der Waals surface area contributed by atoms with Crippen molar-refractivity contribution >= 4 is 31.9 Å². The van der Waals surface area contributed by atoms with E-state index in [1.165, 1.54) is 0 Å². The summed E-state index contributed by atoms with van der Waals surface area (Å²) in [6, 6.07) is 2.00. The maximum absolute atomic E-state index is 5.25. The van der Waals surface area contributed by atoms with Crippen LogP contribution >= 0.6 is 31.9 Å². The molecule has 0 aromatic carbocycles. The molecule has 0 unspecified atom stereocenters. The fourth-order valence-electron chi connectivity index (χ4n) is 1.22. The van der Waals surface area contributed by atoms with E-state index in [0.717, 1.165) is 47.4 Å². The van der Waals surface area contributed by atoms with Crippen molar-refractivity contribution < 1.29 is 4.74 Å². The molecule has 0 aliphatic heterocycles. The molecule has 5 heteroatoms. The summed E-state index contributed by atoms with van der Waals surface area (Å²) in [7, 11) is 0. The van der Waals surface area contributed by atoms with Crippen molar-refractivity contribution in [1.82, 2.24) is 10.3 Å². The number of ether oxygens (including phenoxy) is 1. The van der Waals surface area contributed by atoms with Crippen LogP contribution in [0, 0.1) is 0 Å². The van der Waals surface area contributed by atoms with Gasteiger partial charge in [0.1, 0.15) is 0 Å². The summed E-state index contributed by atoms with van der Waals surface area (Å²) in [5.41, 5.74) is 1.03. The Morgan fingerprint density at radius 3 is 2.94 bits per heavy atom. The van der Waals surface area contributed by atoms with Gasteiger partial charge < -0.3 is 10.1 Å². The average molecular weight is 352 g/mol. The molecule has 0 amide bonds. The highest BCUT2D eigenvalue weighted by Gasteiger charge is 2.01. The van der Waals surface area contributed by atoms with Crippen LogP contribution in [0.2, 0.25) is 0 Å². The highest BCUT2D eigenvalue weighted by atomic mass is 79.9. The third-order valence-corrected chi connectivity index (χ3v) is 3.14. The third kappa shape index (κ3) is 5.39. The Labute approximate surface area is 113 Å². The molecule has 1 N–H and O–H groups in total. The van der Waals surface area contributed by atoms with Crippen molar-refractivity contribution in [2.75, 3.05) is 19.8 Å². The molecular weight excluding hydrogens is 336 g/mol. The molecule has 1 heterocycles. The van der Waals surface area contributed by atoms with Crippen molar-refractivity contribution in [3.63, 3.8) is 0 Å². The number of nitrogens with one attached hydrogen (secondary N) is 1. The van der Waals surface area contributed by atoms with E-state index in [9.17, 15) is 0 Å². The van der Waals surface area contributed by atoms with Crippen molar-refractivity contribution in [3.8, 4) is 0 Å². The van der Waals surface area contributed by atoms with Crippen molar-refractivity contribution in [2.24, 2.45) is 0 Å². The van der Waals surface area contributed by atoms with Gasteiger partial charge in [0.2, 0.25) is 0 Å². The van der Waals surface area contributed by atoms with Gasteiger partial charge >= 0.3 is 0 Å². The first-order valence-corrected chi connectivity index (χ1v) is 6.91. The summed E-state index contributed by atoms with van der Waals surface area (Å²) >= 11 is 6.86. The van der Waals surface area contributed by atoms with Gasteiger partial charge in [-0.2, -0.15) is 0 Å². The van der Waals surface area contributed by atoms with E-state index in [0.29, 0.717) is 0 Å². The van der Waals surface area contributed by atoms with Crippen LogP contribution in [-0.2, 0) is 11.3 Å². The standard InChI is InChI=1S/C11H16Br2N2O/c1-2-16-5-3-4-14-8-11-10(13)6-9(12)7-15-11/h6-7,14H,2-5,8H2,1H3. The van der Waals surface area contributed by atoms with E-state index < -0.39 is 0 Å². The number of nitrogens with zero attached hydrogens (tertiary/aromatic N) is 1. The van der Waals surface area contributed by atoms with E-state index in [1.807, 2.05) is 19.2 Å². The van der Waals surface area contributed by atoms with Gasteiger partial charge in [-0.3, -0.25) is 4.98 Å². The molecule has 0 aliphatic rings. The fourth-order valence-corrected chi connectivity index (χ4v) is 2.35. The molecule has 0 atom stereocenters. The molecule has 0 saturated heterocycles. The Hall–Kier alpha value is 0.0300. The lowest BCUT2D eigenvalue weighted by atomic mass is 10.3. The molecule has 0 bridgehead atoms. The highest BCUT2D eigenvalue weighted by molar-refractivity contribution is 9.11. The van der Waals surface area contributed by atoms with Gasteiger partial charge in [0, 0.05) is 34.9 Å². The molecular formula is C11H16Br2N2O. The van der Waals surface area contributed by atoms with E-state index in [1.54, 1.807) is 0 Å². The van der Waals surface area contributed by atoms with Gasteiger partial charge in [-0.15, -0.1) is 0 Å². The lowest BCUT2D eigenvalue weighted by Crippen LogP contribution is -2.17. The van der Waals surface area contributed by atoms with Crippen LogP contribution in [0.15, 0.2) is 21.2 Å². The molecule has 0 spiro atoms. The summed E-state index contributed by atoms with van der Waals surface area (Å²) in [4.78, 5) is 4.32. The van der Waals surface area contributed by atoms with E-state index in [-0.39, 0.29) is 0 Å². The second kappa shape index (κ2) is 8.17. The molecule has 0 radical (unpaired) electrons. The average Bonchev–Trinajstić information content (AvgIpc) is 2.26. The molecule has 1 aromatic rings. The Morgan fingerprint density at radius 2 is 2.25 bits per heavy atom. The summed E-state index contributed by atoms with van der Waals surface area (Å²) in [5, 5.41) is 3.33. The predicted molar refractivity (Wildman–Crippen MR) is 72.5 cm³/mol. The van der Waals surface area contributed by atoms with Gasteiger partial charge in [0.05, 0.1) is 5.69 Å². The Balaban J connectivity index is 2.21.